The lowest BCUT2D eigenvalue weighted by atomic mass is 10.4. The summed E-state index contributed by atoms with van der Waals surface area (Å²) in [5, 5.41) is 0. The van der Waals surface area contributed by atoms with Gasteiger partial charge >= 0.3 is 5.97 Å². The number of carbonyl (C=O) groups excluding carboxylic acids is 2. The summed E-state index contributed by atoms with van der Waals surface area (Å²) in [5.41, 5.74) is 0.964. The molecule has 0 atom stereocenters. The Labute approximate surface area is 120 Å². The summed E-state index contributed by atoms with van der Waals surface area (Å²) in [7, 11) is 1.49. The minimum absolute atomic E-state index is 0.129. The van der Waals surface area contributed by atoms with Crippen molar-refractivity contribution >= 4 is 23.0 Å². The molecule has 2 aromatic heterocycles. The molecule has 0 saturated carbocycles. The van der Waals surface area contributed by atoms with Crippen molar-refractivity contribution in [1.29, 1.82) is 0 Å². The number of rotatable bonds is 6. The van der Waals surface area contributed by atoms with Gasteiger partial charge in [-0.15, -0.1) is 0 Å². The maximum atomic E-state index is 11.8. The van der Waals surface area contributed by atoms with Crippen LogP contribution in [0.2, 0.25) is 0 Å². The highest BCUT2D eigenvalue weighted by molar-refractivity contribution is 5.83. The Balaban J connectivity index is 1.91. The van der Waals surface area contributed by atoms with E-state index in [1.807, 2.05) is 0 Å². The van der Waals surface area contributed by atoms with Crippen molar-refractivity contribution in [2.45, 2.75) is 6.92 Å². The number of fused-ring (bicyclic) bond motifs is 1. The van der Waals surface area contributed by atoms with Crippen LogP contribution >= 0.6 is 0 Å². The smallest absolute Gasteiger partial charge is 0.325 e. The molecule has 8 nitrogen and oxygen atoms in total. The van der Waals surface area contributed by atoms with Gasteiger partial charge in [0.1, 0.15) is 18.4 Å². The molecule has 0 N–H and O–H groups in total. The highest BCUT2D eigenvalue weighted by atomic mass is 16.5. The molecule has 0 radical (unpaired) electrons. The fraction of sp³-hybridized carbons (Fsp3) is 0.385. The fourth-order valence-electron chi connectivity index (χ4n) is 1.60. The molecule has 0 aliphatic heterocycles. The number of aromatic nitrogens is 2. The van der Waals surface area contributed by atoms with Gasteiger partial charge in [-0.25, -0.2) is 4.98 Å². The number of esters is 1. The Kier molecular flexibility index (Phi) is 4.70. The number of hydrogen-bond acceptors (Lipinski definition) is 7. The Morgan fingerprint density at radius 3 is 2.95 bits per heavy atom. The van der Waals surface area contributed by atoms with Gasteiger partial charge in [-0.05, 0) is 6.92 Å². The molecule has 0 fully saturated rings. The second-order valence-electron chi connectivity index (χ2n) is 4.16. The van der Waals surface area contributed by atoms with E-state index in [1.54, 1.807) is 13.0 Å². The molecular weight excluding hydrogens is 278 g/mol. The van der Waals surface area contributed by atoms with E-state index in [1.165, 1.54) is 24.5 Å². The van der Waals surface area contributed by atoms with Gasteiger partial charge in [0.2, 0.25) is 5.58 Å². The van der Waals surface area contributed by atoms with Crippen LogP contribution in [0.4, 0.5) is 0 Å². The van der Waals surface area contributed by atoms with Gasteiger partial charge in [0, 0.05) is 13.1 Å². The number of carbonyl (C=O) groups is 2. The molecule has 2 heterocycles. The summed E-state index contributed by atoms with van der Waals surface area (Å²) in [6, 6.07) is 1.67. The highest BCUT2D eigenvalue weighted by Crippen LogP contribution is 2.21. The zero-order chi connectivity index (χ0) is 15.2. The quantitative estimate of drug-likeness (QED) is 0.720. The van der Waals surface area contributed by atoms with Gasteiger partial charge in [-0.1, -0.05) is 0 Å². The van der Waals surface area contributed by atoms with E-state index >= 15 is 0 Å². The van der Waals surface area contributed by atoms with Crippen LogP contribution in [0, 0.1) is 0 Å². The van der Waals surface area contributed by atoms with Crippen molar-refractivity contribution in [2.24, 2.45) is 0 Å². The molecule has 112 valence electrons. The van der Waals surface area contributed by atoms with E-state index in [-0.39, 0.29) is 31.5 Å². The molecular formula is C13H15N3O5. The van der Waals surface area contributed by atoms with Gasteiger partial charge in [-0.3, -0.25) is 9.59 Å². The summed E-state index contributed by atoms with van der Waals surface area (Å²) >= 11 is 0. The van der Waals surface area contributed by atoms with Gasteiger partial charge in [-0.2, -0.15) is 4.98 Å². The summed E-state index contributed by atoms with van der Waals surface area (Å²) in [4.78, 5) is 32.2. The van der Waals surface area contributed by atoms with E-state index in [9.17, 15) is 9.59 Å². The molecule has 8 heteroatoms. The van der Waals surface area contributed by atoms with Crippen LogP contribution in [-0.4, -0.2) is 53.6 Å². The van der Waals surface area contributed by atoms with Gasteiger partial charge < -0.3 is 18.8 Å². The number of furan rings is 1. The topological polar surface area (TPSA) is 94.8 Å². The predicted molar refractivity (Wildman–Crippen MR) is 71.6 cm³/mol. The molecule has 1 amide bonds. The van der Waals surface area contributed by atoms with Crippen molar-refractivity contribution in [3.63, 3.8) is 0 Å². The molecule has 0 aliphatic rings. The molecule has 0 saturated heterocycles. The van der Waals surface area contributed by atoms with E-state index in [0.717, 1.165) is 0 Å². The third-order valence-electron chi connectivity index (χ3n) is 2.64. The maximum absolute atomic E-state index is 11.8. The number of ether oxygens (including phenoxy) is 2. The Morgan fingerprint density at radius 2 is 2.19 bits per heavy atom. The summed E-state index contributed by atoms with van der Waals surface area (Å²) in [6.45, 7) is 1.58. The lowest BCUT2D eigenvalue weighted by molar-refractivity contribution is -0.148. The number of likely N-dealkylation sites (N-methyl/N-ethyl adjacent to an activating group) is 1. The lowest BCUT2D eigenvalue weighted by Crippen LogP contribution is -2.36. The maximum Gasteiger partial charge on any atom is 0.325 e. The molecule has 2 aromatic rings. The lowest BCUT2D eigenvalue weighted by Gasteiger charge is -2.16. The van der Waals surface area contributed by atoms with Gasteiger partial charge in [0.25, 0.3) is 11.8 Å². The molecule has 2 rings (SSSR count). The van der Waals surface area contributed by atoms with Crippen molar-refractivity contribution < 1.29 is 23.5 Å². The Morgan fingerprint density at radius 1 is 1.38 bits per heavy atom. The van der Waals surface area contributed by atoms with E-state index in [4.69, 9.17) is 13.9 Å². The second kappa shape index (κ2) is 6.69. The van der Waals surface area contributed by atoms with Crippen LogP contribution in [-0.2, 0) is 14.3 Å². The van der Waals surface area contributed by atoms with E-state index in [2.05, 4.69) is 9.97 Å². The van der Waals surface area contributed by atoms with Crippen molar-refractivity contribution in [3.05, 3.63) is 18.7 Å². The number of nitrogens with zero attached hydrogens (tertiary/aromatic N) is 3. The highest BCUT2D eigenvalue weighted by Gasteiger charge is 2.16. The summed E-state index contributed by atoms with van der Waals surface area (Å²) in [6.07, 6.45) is 2.78. The molecule has 0 unspecified atom stereocenters. The molecule has 0 spiro atoms. The SMILES string of the molecule is CCOC(=O)CN(C)C(=O)COc1ncnc2ccoc12. The third-order valence-corrected chi connectivity index (χ3v) is 2.64. The fourth-order valence-corrected chi connectivity index (χ4v) is 1.60. The zero-order valence-corrected chi connectivity index (χ0v) is 11.7. The Bertz CT molecular complexity index is 640. The zero-order valence-electron chi connectivity index (χ0n) is 11.7. The minimum Gasteiger partial charge on any atom is -0.465 e. The monoisotopic (exact) mass is 293 g/mol. The molecule has 0 aromatic carbocycles. The Hall–Kier alpha value is -2.64. The number of amides is 1. The first-order chi connectivity index (χ1) is 10.1. The first kappa shape index (κ1) is 14.8. The van der Waals surface area contributed by atoms with Crippen LogP contribution in [0.5, 0.6) is 5.88 Å². The van der Waals surface area contributed by atoms with Crippen LogP contribution in [0.15, 0.2) is 23.1 Å². The third kappa shape index (κ3) is 3.68. The summed E-state index contributed by atoms with van der Waals surface area (Å²) in [5.74, 6) is -0.659. The average Bonchev–Trinajstić information content (AvgIpc) is 2.93. The van der Waals surface area contributed by atoms with Crippen LogP contribution in [0.25, 0.3) is 11.1 Å². The van der Waals surface area contributed by atoms with Crippen molar-refractivity contribution in [2.75, 3.05) is 26.8 Å². The van der Waals surface area contributed by atoms with Crippen LogP contribution in [0.1, 0.15) is 6.92 Å². The number of hydrogen-bond donors (Lipinski definition) is 0. The first-order valence-electron chi connectivity index (χ1n) is 6.32. The molecule has 0 bridgehead atoms. The molecule has 0 aliphatic carbocycles. The van der Waals surface area contributed by atoms with Crippen molar-refractivity contribution in [3.8, 4) is 5.88 Å². The average molecular weight is 293 g/mol. The second-order valence-corrected chi connectivity index (χ2v) is 4.16. The van der Waals surface area contributed by atoms with Crippen LogP contribution < -0.4 is 4.74 Å². The first-order valence-corrected chi connectivity index (χ1v) is 6.32. The molecule has 21 heavy (non-hydrogen) atoms. The normalized spacial score (nSPS) is 10.4. The van der Waals surface area contributed by atoms with Gasteiger partial charge in [0.05, 0.1) is 12.9 Å². The van der Waals surface area contributed by atoms with Crippen molar-refractivity contribution in [1.82, 2.24) is 14.9 Å². The van der Waals surface area contributed by atoms with E-state index in [0.29, 0.717) is 11.1 Å². The summed E-state index contributed by atoms with van der Waals surface area (Å²) < 4.78 is 15.3. The van der Waals surface area contributed by atoms with Gasteiger partial charge in [0.15, 0.2) is 6.61 Å². The minimum atomic E-state index is -0.469. The van der Waals surface area contributed by atoms with Crippen LogP contribution in [0.3, 0.4) is 0 Å². The predicted octanol–water partition coefficient (Wildman–Crippen LogP) is 0.623. The van der Waals surface area contributed by atoms with E-state index < -0.39 is 5.97 Å². The standard InChI is InChI=1S/C13H15N3O5/c1-3-19-11(18)6-16(2)10(17)7-21-13-12-9(4-5-20-12)14-8-15-13/h4-5,8H,3,6-7H2,1-2H3. The largest absolute Gasteiger partial charge is 0.465 e.